The monoisotopic (exact) mass is 500 g/mol. The molecule has 0 amide bonds. The first-order chi connectivity index (χ1) is 17.0. The van der Waals surface area contributed by atoms with Gasteiger partial charge in [0.15, 0.2) is 11.6 Å². The van der Waals surface area contributed by atoms with Gasteiger partial charge in [0.05, 0.1) is 29.7 Å². The van der Waals surface area contributed by atoms with E-state index in [0.717, 1.165) is 5.69 Å². The quantitative estimate of drug-likeness (QED) is 0.151. The van der Waals surface area contributed by atoms with Crippen LogP contribution in [0.25, 0.3) is 0 Å². The second-order valence-corrected chi connectivity index (χ2v) is 7.10. The minimum atomic E-state index is -0.312. The number of hydrogen-bond donors (Lipinski definition) is 0. The number of carbonyl (C=O) groups is 3. The topological polar surface area (TPSA) is 96.7 Å². The molecule has 8 nitrogen and oxygen atoms in total. The summed E-state index contributed by atoms with van der Waals surface area (Å²) >= 11 is 0. The highest BCUT2D eigenvalue weighted by atomic mass is 16.5. The van der Waals surface area contributed by atoms with E-state index < -0.39 is 0 Å². The van der Waals surface area contributed by atoms with Crippen LogP contribution in [0, 0.1) is 26.7 Å². The highest BCUT2D eigenvalue weighted by Crippen LogP contribution is 2.29. The zero-order valence-corrected chi connectivity index (χ0v) is 23.1. The molecular weight excluding hydrogens is 460 g/mol. The fourth-order valence-electron chi connectivity index (χ4n) is 3.01. The maximum absolute atomic E-state index is 13.0. The lowest BCUT2D eigenvalue weighted by Gasteiger charge is -2.15. The van der Waals surface area contributed by atoms with E-state index in [-0.39, 0.29) is 17.5 Å². The van der Waals surface area contributed by atoms with Crippen molar-refractivity contribution in [3.05, 3.63) is 58.6 Å². The number of allylic oxidation sites excluding steroid dienone is 1. The molecule has 0 spiro atoms. The molecule has 0 radical (unpaired) electrons. The molecule has 0 aliphatic rings. The van der Waals surface area contributed by atoms with Crippen molar-refractivity contribution < 1.29 is 28.6 Å². The number of carbonyl (C=O) groups excluding carboxylic acids is 3. The second-order valence-electron chi connectivity index (χ2n) is 7.10. The Labute approximate surface area is 215 Å². The molecule has 8 heteroatoms. The zero-order valence-electron chi connectivity index (χ0n) is 23.1. The first kappa shape index (κ1) is 34.5. The largest absolute Gasteiger partial charge is 0.490 e. The molecule has 0 saturated carbocycles. The van der Waals surface area contributed by atoms with Crippen LogP contribution >= 0.6 is 0 Å². The summed E-state index contributed by atoms with van der Waals surface area (Å²) in [5.41, 5.74) is 3.01. The molecule has 2 aromatic rings. The number of hydrogen-bond acceptors (Lipinski definition) is 7. The van der Waals surface area contributed by atoms with Crippen LogP contribution in [-0.4, -0.2) is 47.6 Å². The van der Waals surface area contributed by atoms with Crippen molar-refractivity contribution in [3.8, 4) is 18.6 Å². The number of Topliss-reactive ketones (excluding diaryl/α,β-unsaturated/α-hetero) is 1. The minimum absolute atomic E-state index is 0.107. The Morgan fingerprint density at radius 1 is 1.00 bits per heavy atom. The summed E-state index contributed by atoms with van der Waals surface area (Å²) < 4.78 is 16.9. The van der Waals surface area contributed by atoms with Gasteiger partial charge in [-0.15, -0.1) is 12.8 Å². The van der Waals surface area contributed by atoms with Crippen LogP contribution < -0.4 is 4.74 Å². The van der Waals surface area contributed by atoms with Crippen molar-refractivity contribution in [1.29, 1.82) is 0 Å². The molecule has 1 aromatic heterocycles. The van der Waals surface area contributed by atoms with Crippen LogP contribution in [0.3, 0.4) is 0 Å². The predicted molar refractivity (Wildman–Crippen MR) is 142 cm³/mol. The van der Waals surface area contributed by atoms with Crippen molar-refractivity contribution in [1.82, 2.24) is 9.78 Å². The third-order valence-electron chi connectivity index (χ3n) is 4.53. The van der Waals surface area contributed by atoms with E-state index in [0.29, 0.717) is 53.5 Å². The SMILES string of the molecule is C#C.C=C(C)OC(C)=O.CC.CCn1ncc(C(=O)c2ccc(C(C)=O)c(OCCOC)c2C)c1C. The van der Waals surface area contributed by atoms with Crippen LogP contribution in [0.2, 0.25) is 0 Å². The van der Waals surface area contributed by atoms with E-state index in [2.05, 4.69) is 29.3 Å². The van der Waals surface area contributed by atoms with Gasteiger partial charge < -0.3 is 14.2 Å². The average Bonchev–Trinajstić information content (AvgIpc) is 3.22. The Morgan fingerprint density at radius 2 is 1.56 bits per heavy atom. The standard InChI is InChI=1S/C19H24N2O4.C5H8O2.C2H6.C2H2/c1-6-21-13(3)17(11-20-21)18(23)15-7-8-16(14(4)22)19(12(15)2)25-10-9-24-5;1-4(2)7-5(3)6;2*1-2/h7-8,11H,6,9-10H2,1-5H3;1H2,2-3H3;1-2H3;1-2H. The molecule has 36 heavy (non-hydrogen) atoms. The van der Waals surface area contributed by atoms with Crippen LogP contribution in [0.1, 0.15) is 79.1 Å². The van der Waals surface area contributed by atoms with Gasteiger partial charge in [-0.1, -0.05) is 20.4 Å². The molecule has 0 unspecified atom stereocenters. The average molecular weight is 501 g/mol. The summed E-state index contributed by atoms with van der Waals surface area (Å²) in [6, 6.07) is 3.32. The first-order valence-electron chi connectivity index (χ1n) is 11.6. The van der Waals surface area contributed by atoms with Crippen molar-refractivity contribution in [2.75, 3.05) is 20.3 Å². The van der Waals surface area contributed by atoms with Crippen molar-refractivity contribution >= 4 is 17.5 Å². The Bertz CT molecular complexity index is 1020. The third kappa shape index (κ3) is 10.7. The number of terminal acetylenes is 1. The highest BCUT2D eigenvalue weighted by molar-refractivity contribution is 6.11. The van der Waals surface area contributed by atoms with Crippen LogP contribution in [-0.2, 0) is 20.8 Å². The smallest absolute Gasteiger partial charge is 0.307 e. The molecule has 0 atom stereocenters. The molecule has 198 valence electrons. The molecule has 0 N–H and O–H groups in total. The minimum Gasteiger partial charge on any atom is -0.490 e. The molecule has 1 aromatic carbocycles. The summed E-state index contributed by atoms with van der Waals surface area (Å²) in [4.78, 5) is 34.8. The number of nitrogens with zero attached hydrogens (tertiary/aromatic N) is 2. The Morgan fingerprint density at radius 3 is 1.94 bits per heavy atom. The van der Waals surface area contributed by atoms with Gasteiger partial charge in [0.2, 0.25) is 0 Å². The number of benzene rings is 1. The molecule has 1 heterocycles. The second kappa shape index (κ2) is 18.6. The van der Waals surface area contributed by atoms with Crippen LogP contribution in [0.4, 0.5) is 0 Å². The molecule has 0 bridgehead atoms. The van der Waals surface area contributed by atoms with Gasteiger partial charge in [-0.2, -0.15) is 5.10 Å². The van der Waals surface area contributed by atoms with Gasteiger partial charge in [-0.05, 0) is 46.8 Å². The molecule has 0 aliphatic carbocycles. The van der Waals surface area contributed by atoms with Crippen LogP contribution in [0.5, 0.6) is 5.75 Å². The number of ether oxygens (including phenoxy) is 3. The van der Waals surface area contributed by atoms with Gasteiger partial charge in [-0.25, -0.2) is 0 Å². The van der Waals surface area contributed by atoms with Crippen molar-refractivity contribution in [2.24, 2.45) is 0 Å². The molecule has 2 rings (SSSR count). The van der Waals surface area contributed by atoms with Gasteiger partial charge in [0.25, 0.3) is 0 Å². The van der Waals surface area contributed by atoms with Gasteiger partial charge in [-0.3, -0.25) is 19.1 Å². The molecule has 0 saturated heterocycles. The zero-order chi connectivity index (χ0) is 28.4. The first-order valence-corrected chi connectivity index (χ1v) is 11.6. The normalized spacial score (nSPS) is 9.19. The summed E-state index contributed by atoms with van der Waals surface area (Å²) in [6.07, 6.45) is 9.59. The maximum atomic E-state index is 13.0. The summed E-state index contributed by atoms with van der Waals surface area (Å²) in [7, 11) is 1.58. The van der Waals surface area contributed by atoms with Crippen molar-refractivity contribution in [3.63, 3.8) is 0 Å². The summed E-state index contributed by atoms with van der Waals surface area (Å²) in [5, 5.41) is 4.23. The fourth-order valence-corrected chi connectivity index (χ4v) is 3.01. The van der Waals surface area contributed by atoms with Gasteiger partial charge in [0, 0.05) is 37.4 Å². The Balaban J connectivity index is 0. The Hall–Kier alpha value is -3.70. The van der Waals surface area contributed by atoms with E-state index in [4.69, 9.17) is 9.47 Å². The number of ketones is 2. The van der Waals surface area contributed by atoms with E-state index in [1.165, 1.54) is 13.8 Å². The maximum Gasteiger partial charge on any atom is 0.307 e. The molecular formula is C28H40N2O6. The third-order valence-corrected chi connectivity index (χ3v) is 4.53. The van der Waals surface area contributed by atoms with Crippen LogP contribution in [0.15, 0.2) is 30.7 Å². The predicted octanol–water partition coefficient (Wildman–Crippen LogP) is 5.34. The van der Waals surface area contributed by atoms with Gasteiger partial charge >= 0.3 is 5.97 Å². The molecule has 0 fully saturated rings. The summed E-state index contributed by atoms with van der Waals surface area (Å²) in [5.74, 6) is 0.335. The van der Waals surface area contributed by atoms with Gasteiger partial charge in [0.1, 0.15) is 12.4 Å². The number of esters is 1. The lowest BCUT2D eigenvalue weighted by molar-refractivity contribution is -0.136. The van der Waals surface area contributed by atoms with E-state index >= 15 is 0 Å². The molecule has 0 aliphatic heterocycles. The lowest BCUT2D eigenvalue weighted by Crippen LogP contribution is -2.12. The van der Waals surface area contributed by atoms with E-state index in [9.17, 15) is 14.4 Å². The summed E-state index contributed by atoms with van der Waals surface area (Å²) in [6.45, 7) is 18.9. The highest BCUT2D eigenvalue weighted by Gasteiger charge is 2.22. The lowest BCUT2D eigenvalue weighted by atomic mass is 9.95. The fraction of sp³-hybridized carbons (Fsp3) is 0.429. The Kier molecular flexibility index (Phi) is 17.8. The number of rotatable bonds is 9. The van der Waals surface area contributed by atoms with E-state index in [1.54, 1.807) is 44.0 Å². The number of methoxy groups -OCH3 is 1. The van der Waals surface area contributed by atoms with Crippen molar-refractivity contribution in [2.45, 2.75) is 61.9 Å². The number of aryl methyl sites for hydroxylation is 1. The van der Waals surface area contributed by atoms with E-state index in [1.807, 2.05) is 27.7 Å². The number of aromatic nitrogens is 2.